The van der Waals surface area contributed by atoms with Crippen LogP contribution in [0.4, 0.5) is 0 Å². The molecule has 1 heterocycles. The van der Waals surface area contributed by atoms with Gasteiger partial charge >= 0.3 is 0 Å². The van der Waals surface area contributed by atoms with E-state index in [0.717, 1.165) is 5.71 Å². The van der Waals surface area contributed by atoms with Crippen LogP contribution in [0.25, 0.3) is 6.08 Å². The normalized spacial score (nSPS) is 25.8. The van der Waals surface area contributed by atoms with Crippen LogP contribution in [-0.4, -0.2) is 11.8 Å². The quantitative estimate of drug-likeness (QED) is 0.754. The van der Waals surface area contributed by atoms with Gasteiger partial charge in [-0.15, -0.1) is 0 Å². The van der Waals surface area contributed by atoms with E-state index in [1.165, 1.54) is 5.56 Å². The summed E-state index contributed by atoms with van der Waals surface area (Å²) in [5.74, 6) is 0.264. The van der Waals surface area contributed by atoms with Crippen LogP contribution in [0, 0.1) is 5.92 Å². The molecule has 2 nitrogen and oxygen atoms in total. The number of allylic oxidation sites excluding steroid dienone is 3. The fraction of sp³-hybridized carbons (Fsp3) is 0.133. The predicted molar refractivity (Wildman–Crippen MR) is 69.6 cm³/mol. The molecule has 0 radical (unpaired) electrons. The van der Waals surface area contributed by atoms with Crippen LogP contribution in [-0.2, 0) is 4.84 Å². The van der Waals surface area contributed by atoms with Crippen LogP contribution in [0.15, 0.2) is 65.9 Å². The second-order valence-electron chi connectivity index (χ2n) is 4.13. The van der Waals surface area contributed by atoms with Crippen molar-refractivity contribution in [3.8, 4) is 0 Å². The Kier molecular flexibility index (Phi) is 2.62. The number of rotatable bonds is 2. The van der Waals surface area contributed by atoms with Crippen molar-refractivity contribution in [2.45, 2.75) is 6.10 Å². The zero-order valence-corrected chi connectivity index (χ0v) is 9.36. The molecule has 1 aliphatic carbocycles. The van der Waals surface area contributed by atoms with E-state index < -0.39 is 0 Å². The molecule has 17 heavy (non-hydrogen) atoms. The molecule has 2 aliphatic rings. The Morgan fingerprint density at radius 2 is 1.82 bits per heavy atom. The number of oxime groups is 1. The molecule has 0 fully saturated rings. The Morgan fingerprint density at radius 3 is 2.71 bits per heavy atom. The molecule has 0 saturated heterocycles. The molecule has 2 heteroatoms. The summed E-state index contributed by atoms with van der Waals surface area (Å²) in [5, 5.41) is 4.12. The van der Waals surface area contributed by atoms with Crippen molar-refractivity contribution >= 4 is 11.8 Å². The van der Waals surface area contributed by atoms with Crippen molar-refractivity contribution in [3.05, 3.63) is 66.3 Å². The van der Waals surface area contributed by atoms with Crippen LogP contribution in [0.5, 0.6) is 0 Å². The minimum absolute atomic E-state index is 0.0791. The molecule has 84 valence electrons. The van der Waals surface area contributed by atoms with Crippen molar-refractivity contribution in [3.63, 3.8) is 0 Å². The molecule has 3 rings (SSSR count). The predicted octanol–water partition coefficient (Wildman–Crippen LogP) is 3.20. The molecule has 1 aromatic carbocycles. The lowest BCUT2D eigenvalue weighted by atomic mass is 9.93. The van der Waals surface area contributed by atoms with Crippen LogP contribution in [0.3, 0.4) is 0 Å². The Morgan fingerprint density at radius 1 is 1.00 bits per heavy atom. The number of fused-ring (bicyclic) bond motifs is 1. The SMILES string of the molecule is C1=CC2ON=C(/C=C\c3ccccc3)C2C=C1. The highest BCUT2D eigenvalue weighted by Gasteiger charge is 2.29. The fourth-order valence-corrected chi connectivity index (χ4v) is 2.02. The van der Waals surface area contributed by atoms with E-state index in [4.69, 9.17) is 4.84 Å². The van der Waals surface area contributed by atoms with E-state index in [9.17, 15) is 0 Å². The van der Waals surface area contributed by atoms with Gasteiger partial charge < -0.3 is 4.84 Å². The summed E-state index contributed by atoms with van der Waals surface area (Å²) in [6.45, 7) is 0. The van der Waals surface area contributed by atoms with Gasteiger partial charge in [-0.2, -0.15) is 0 Å². The van der Waals surface area contributed by atoms with Crippen LogP contribution in [0.1, 0.15) is 5.56 Å². The standard InChI is InChI=1S/C15H13NO/c1-2-6-12(7-3-1)10-11-14-13-8-4-5-9-15(13)17-16-14/h1-11,13,15H/b11-10-. The molecule has 0 amide bonds. The summed E-state index contributed by atoms with van der Waals surface area (Å²) < 4.78 is 0. The lowest BCUT2D eigenvalue weighted by Crippen LogP contribution is -2.19. The molecule has 0 saturated carbocycles. The van der Waals surface area contributed by atoms with Gasteiger partial charge in [0.25, 0.3) is 0 Å². The number of benzene rings is 1. The van der Waals surface area contributed by atoms with Gasteiger partial charge in [-0.3, -0.25) is 0 Å². The van der Waals surface area contributed by atoms with Crippen molar-refractivity contribution in [1.82, 2.24) is 0 Å². The molecule has 0 N–H and O–H groups in total. The minimum atomic E-state index is 0.0791. The average Bonchev–Trinajstić information content (AvgIpc) is 2.81. The molecular weight excluding hydrogens is 210 g/mol. The van der Waals surface area contributed by atoms with Crippen LogP contribution < -0.4 is 0 Å². The monoisotopic (exact) mass is 223 g/mol. The molecule has 2 unspecified atom stereocenters. The lowest BCUT2D eigenvalue weighted by Gasteiger charge is -2.12. The summed E-state index contributed by atoms with van der Waals surface area (Å²) in [4.78, 5) is 5.36. The van der Waals surface area contributed by atoms with Gasteiger partial charge in [-0.1, -0.05) is 59.8 Å². The van der Waals surface area contributed by atoms with E-state index in [0.29, 0.717) is 0 Å². The third-order valence-corrected chi connectivity index (χ3v) is 2.95. The zero-order valence-electron chi connectivity index (χ0n) is 9.36. The maximum absolute atomic E-state index is 5.36. The smallest absolute Gasteiger partial charge is 0.157 e. The average molecular weight is 223 g/mol. The number of nitrogens with zero attached hydrogens (tertiary/aromatic N) is 1. The van der Waals surface area contributed by atoms with Crippen LogP contribution in [0.2, 0.25) is 0 Å². The van der Waals surface area contributed by atoms with E-state index >= 15 is 0 Å². The van der Waals surface area contributed by atoms with Gasteiger partial charge in [-0.05, 0) is 17.7 Å². The highest BCUT2D eigenvalue weighted by atomic mass is 16.6. The first-order valence-corrected chi connectivity index (χ1v) is 5.75. The van der Waals surface area contributed by atoms with Crippen molar-refractivity contribution in [2.75, 3.05) is 0 Å². The van der Waals surface area contributed by atoms with E-state index in [-0.39, 0.29) is 12.0 Å². The maximum Gasteiger partial charge on any atom is 0.157 e. The summed E-state index contributed by atoms with van der Waals surface area (Å²) in [5.41, 5.74) is 2.16. The minimum Gasteiger partial charge on any atom is -0.387 e. The molecule has 2 atom stereocenters. The van der Waals surface area contributed by atoms with Gasteiger partial charge in [0.2, 0.25) is 0 Å². The highest BCUT2D eigenvalue weighted by Crippen LogP contribution is 2.25. The fourth-order valence-electron chi connectivity index (χ4n) is 2.02. The first kappa shape index (κ1) is 10.1. The maximum atomic E-state index is 5.36. The van der Waals surface area contributed by atoms with Crippen LogP contribution >= 0.6 is 0 Å². The number of hydrogen-bond donors (Lipinski definition) is 0. The first-order chi connectivity index (χ1) is 8.43. The molecule has 0 aromatic heterocycles. The van der Waals surface area contributed by atoms with Crippen molar-refractivity contribution < 1.29 is 4.84 Å². The Hall–Kier alpha value is -2.09. The van der Waals surface area contributed by atoms with Gasteiger partial charge in [0, 0.05) is 0 Å². The van der Waals surface area contributed by atoms with Crippen molar-refractivity contribution in [2.24, 2.45) is 11.1 Å². The van der Waals surface area contributed by atoms with Gasteiger partial charge in [0.15, 0.2) is 6.10 Å². The highest BCUT2D eigenvalue weighted by molar-refractivity contribution is 6.02. The Labute approximate surface area is 101 Å². The van der Waals surface area contributed by atoms with E-state index in [2.05, 4.69) is 29.4 Å². The number of hydrogen-bond acceptors (Lipinski definition) is 2. The lowest BCUT2D eigenvalue weighted by molar-refractivity contribution is 0.105. The second-order valence-corrected chi connectivity index (χ2v) is 4.13. The molecule has 0 bridgehead atoms. The van der Waals surface area contributed by atoms with Gasteiger partial charge in [0.1, 0.15) is 0 Å². The topological polar surface area (TPSA) is 21.6 Å². The summed E-state index contributed by atoms with van der Waals surface area (Å²) in [6, 6.07) is 10.2. The van der Waals surface area contributed by atoms with Gasteiger partial charge in [-0.25, -0.2) is 0 Å². The third kappa shape index (κ3) is 2.07. The molecular formula is C15H13NO. The Bertz CT molecular complexity index is 511. The van der Waals surface area contributed by atoms with E-state index in [1.54, 1.807) is 0 Å². The molecule has 1 aromatic rings. The Balaban J connectivity index is 1.77. The summed E-state index contributed by atoms with van der Waals surface area (Å²) in [7, 11) is 0. The molecule has 0 spiro atoms. The van der Waals surface area contributed by atoms with Gasteiger partial charge in [0.05, 0.1) is 11.6 Å². The first-order valence-electron chi connectivity index (χ1n) is 5.75. The summed E-state index contributed by atoms with van der Waals surface area (Å²) >= 11 is 0. The largest absolute Gasteiger partial charge is 0.387 e. The zero-order chi connectivity index (χ0) is 11.5. The third-order valence-electron chi connectivity index (χ3n) is 2.95. The molecule has 1 aliphatic heterocycles. The second kappa shape index (κ2) is 4.42. The summed E-state index contributed by atoms with van der Waals surface area (Å²) in [6.07, 6.45) is 12.4. The van der Waals surface area contributed by atoms with E-state index in [1.807, 2.05) is 42.5 Å². The van der Waals surface area contributed by atoms with Crippen molar-refractivity contribution in [1.29, 1.82) is 0 Å².